The second-order valence-electron chi connectivity index (χ2n) is 5.26. The van der Waals surface area contributed by atoms with E-state index in [-0.39, 0.29) is 12.2 Å². The molecule has 2 aromatic carbocycles. The number of hydrogen-bond acceptors (Lipinski definition) is 5. The fraction of sp³-hybridized carbons (Fsp3) is 0.0625. The molecule has 26 heavy (non-hydrogen) atoms. The molecular weight excluding hydrogens is 381 g/mol. The average Bonchev–Trinajstić information content (AvgIpc) is 2.96. The predicted octanol–water partition coefficient (Wildman–Crippen LogP) is 3.19. The largest absolute Gasteiger partial charge is 0.367 e. The lowest BCUT2D eigenvalue weighted by atomic mass is 10.2. The Morgan fingerprint density at radius 2 is 1.92 bits per heavy atom. The van der Waals surface area contributed by atoms with Crippen LogP contribution in [0.15, 0.2) is 58.7 Å². The lowest BCUT2D eigenvalue weighted by Crippen LogP contribution is -2.23. The minimum atomic E-state index is -0.491. The van der Waals surface area contributed by atoms with E-state index in [1.165, 1.54) is 41.4 Å². The van der Waals surface area contributed by atoms with Gasteiger partial charge in [0.2, 0.25) is 0 Å². The Morgan fingerprint density at radius 1 is 1.19 bits per heavy atom. The molecule has 0 aliphatic carbocycles. The topological polar surface area (TPSA) is 95.3 Å². The summed E-state index contributed by atoms with van der Waals surface area (Å²) in [7, 11) is 0. The highest BCUT2D eigenvalue weighted by molar-refractivity contribution is 6.35. The van der Waals surface area contributed by atoms with Crippen molar-refractivity contribution in [1.82, 2.24) is 14.5 Å². The summed E-state index contributed by atoms with van der Waals surface area (Å²) in [4.78, 5) is 23.4. The summed E-state index contributed by atoms with van der Waals surface area (Å²) in [6, 6.07) is 10.8. The van der Waals surface area contributed by atoms with Gasteiger partial charge in [-0.15, -0.1) is 5.10 Å². The van der Waals surface area contributed by atoms with E-state index in [2.05, 4.69) is 10.2 Å². The molecule has 10 heteroatoms. The van der Waals surface area contributed by atoms with Gasteiger partial charge in [0.25, 0.3) is 5.69 Å². The molecule has 0 aliphatic heterocycles. The van der Waals surface area contributed by atoms with Crippen LogP contribution in [-0.2, 0) is 6.54 Å². The molecule has 1 heterocycles. The van der Waals surface area contributed by atoms with Gasteiger partial charge in [-0.05, 0) is 35.4 Å². The molecule has 0 N–H and O–H groups in total. The zero-order valence-corrected chi connectivity index (χ0v) is 14.6. The zero-order chi connectivity index (χ0) is 18.7. The van der Waals surface area contributed by atoms with Crippen LogP contribution in [0.1, 0.15) is 11.1 Å². The summed E-state index contributed by atoms with van der Waals surface area (Å²) in [6.45, 7) is 0.224. The van der Waals surface area contributed by atoms with Gasteiger partial charge in [-0.1, -0.05) is 34.1 Å². The van der Waals surface area contributed by atoms with Crippen LogP contribution < -0.4 is 5.69 Å². The van der Waals surface area contributed by atoms with Crippen LogP contribution in [0.3, 0.4) is 0 Å². The van der Waals surface area contributed by atoms with Gasteiger partial charge in [0.15, 0.2) is 0 Å². The maximum atomic E-state index is 12.3. The number of nitro benzene ring substituents is 1. The molecule has 0 fully saturated rings. The van der Waals surface area contributed by atoms with E-state index in [9.17, 15) is 14.9 Å². The highest BCUT2D eigenvalue weighted by atomic mass is 35.5. The third kappa shape index (κ3) is 3.98. The molecule has 0 atom stereocenters. The summed E-state index contributed by atoms with van der Waals surface area (Å²) in [5.74, 6) is 0. The van der Waals surface area contributed by atoms with Gasteiger partial charge in [0.05, 0.1) is 17.7 Å². The number of nitrogens with zero attached hydrogens (tertiary/aromatic N) is 5. The van der Waals surface area contributed by atoms with Gasteiger partial charge in [0.1, 0.15) is 6.33 Å². The van der Waals surface area contributed by atoms with Crippen molar-refractivity contribution in [2.75, 3.05) is 0 Å². The Morgan fingerprint density at radius 3 is 2.58 bits per heavy atom. The maximum Gasteiger partial charge on any atom is 0.367 e. The second-order valence-corrected chi connectivity index (χ2v) is 6.10. The lowest BCUT2D eigenvalue weighted by Gasteiger charge is -2.04. The first-order valence-corrected chi connectivity index (χ1v) is 8.07. The second kappa shape index (κ2) is 7.51. The van der Waals surface area contributed by atoms with Crippen molar-refractivity contribution >= 4 is 35.1 Å². The molecule has 0 unspecified atom stereocenters. The van der Waals surface area contributed by atoms with E-state index in [0.717, 1.165) is 10.4 Å². The van der Waals surface area contributed by atoms with Crippen LogP contribution in [0.25, 0.3) is 0 Å². The van der Waals surface area contributed by atoms with Crippen molar-refractivity contribution in [3.05, 3.63) is 90.6 Å². The lowest BCUT2D eigenvalue weighted by molar-refractivity contribution is -0.384. The normalized spacial score (nSPS) is 11.2. The summed E-state index contributed by atoms with van der Waals surface area (Å²) in [6.07, 6.45) is 2.73. The van der Waals surface area contributed by atoms with E-state index >= 15 is 0 Å². The number of non-ortho nitro benzene ring substituents is 1. The molecular formula is C16H11Cl2N5O3. The molecule has 0 bridgehead atoms. The maximum absolute atomic E-state index is 12.3. The first-order chi connectivity index (χ1) is 12.4. The van der Waals surface area contributed by atoms with E-state index < -0.39 is 10.6 Å². The van der Waals surface area contributed by atoms with E-state index in [4.69, 9.17) is 23.2 Å². The Bertz CT molecular complexity index is 1040. The highest BCUT2D eigenvalue weighted by Crippen LogP contribution is 2.21. The minimum absolute atomic E-state index is 0.0246. The van der Waals surface area contributed by atoms with Gasteiger partial charge < -0.3 is 0 Å². The number of nitro groups is 1. The van der Waals surface area contributed by atoms with Crippen molar-refractivity contribution in [2.45, 2.75) is 6.54 Å². The van der Waals surface area contributed by atoms with Crippen molar-refractivity contribution in [1.29, 1.82) is 0 Å². The fourth-order valence-corrected chi connectivity index (χ4v) is 2.62. The van der Waals surface area contributed by atoms with E-state index in [1.807, 2.05) is 0 Å². The fourth-order valence-electron chi connectivity index (χ4n) is 2.15. The summed E-state index contributed by atoms with van der Waals surface area (Å²) < 4.78 is 1.35. The first-order valence-electron chi connectivity index (χ1n) is 7.31. The molecule has 8 nitrogen and oxygen atoms in total. The molecule has 1 aromatic heterocycles. The van der Waals surface area contributed by atoms with Crippen LogP contribution in [0.4, 0.5) is 5.69 Å². The summed E-state index contributed by atoms with van der Waals surface area (Å²) >= 11 is 12.0. The van der Waals surface area contributed by atoms with Crippen LogP contribution in [0, 0.1) is 10.1 Å². The predicted molar refractivity (Wildman–Crippen MR) is 98.1 cm³/mol. The van der Waals surface area contributed by atoms with Crippen molar-refractivity contribution in [3.63, 3.8) is 0 Å². The van der Waals surface area contributed by atoms with Crippen molar-refractivity contribution in [2.24, 2.45) is 5.10 Å². The number of benzene rings is 2. The Kier molecular flexibility index (Phi) is 5.15. The van der Waals surface area contributed by atoms with Crippen LogP contribution >= 0.6 is 23.2 Å². The first kappa shape index (κ1) is 17.8. The zero-order valence-electron chi connectivity index (χ0n) is 13.1. The van der Waals surface area contributed by atoms with Crippen molar-refractivity contribution < 1.29 is 4.92 Å². The molecule has 3 rings (SSSR count). The number of halogens is 2. The minimum Gasteiger partial charge on any atom is -0.275 e. The molecule has 0 amide bonds. The molecule has 132 valence electrons. The monoisotopic (exact) mass is 391 g/mol. The van der Waals surface area contributed by atoms with Gasteiger partial charge in [-0.3, -0.25) is 14.7 Å². The molecule has 0 saturated carbocycles. The van der Waals surface area contributed by atoms with Crippen LogP contribution in [0.2, 0.25) is 10.0 Å². The standard InChI is InChI=1S/C16H11Cl2N5O3/c17-13-4-3-12(15(18)7-13)9-21-10-20-22(16(21)24)19-8-11-1-5-14(6-2-11)23(25)26/h1-8,10H,9H2/b19-8+. The molecule has 0 spiro atoms. The Balaban J connectivity index is 1.78. The van der Waals surface area contributed by atoms with Gasteiger partial charge >= 0.3 is 5.69 Å². The molecule has 0 radical (unpaired) electrons. The van der Waals surface area contributed by atoms with Crippen molar-refractivity contribution in [3.8, 4) is 0 Å². The molecule has 0 saturated heterocycles. The molecule has 0 aliphatic rings. The van der Waals surface area contributed by atoms with Gasteiger partial charge in [0, 0.05) is 22.2 Å². The van der Waals surface area contributed by atoms with E-state index in [0.29, 0.717) is 15.6 Å². The summed E-state index contributed by atoms with van der Waals surface area (Å²) in [5.41, 5.74) is 0.840. The van der Waals surface area contributed by atoms with Gasteiger partial charge in [-0.25, -0.2) is 4.79 Å². The molecule has 3 aromatic rings. The van der Waals surface area contributed by atoms with Crippen LogP contribution in [0.5, 0.6) is 0 Å². The van der Waals surface area contributed by atoms with E-state index in [1.54, 1.807) is 18.2 Å². The quantitative estimate of drug-likeness (QED) is 0.379. The third-order valence-corrected chi connectivity index (χ3v) is 4.08. The highest BCUT2D eigenvalue weighted by Gasteiger charge is 2.08. The average molecular weight is 392 g/mol. The van der Waals surface area contributed by atoms with Crippen LogP contribution in [-0.4, -0.2) is 25.6 Å². The Hall–Kier alpha value is -2.97. The summed E-state index contributed by atoms with van der Waals surface area (Å²) in [5, 5.41) is 19.5. The van der Waals surface area contributed by atoms with Gasteiger partial charge in [-0.2, -0.15) is 5.10 Å². The SMILES string of the molecule is O=c1n(Cc2ccc(Cl)cc2Cl)cnn1/N=C/c1ccc([N+](=O)[O-])cc1. The smallest absolute Gasteiger partial charge is 0.275 e. The Labute approximate surface area is 157 Å². The third-order valence-electron chi connectivity index (χ3n) is 3.49. The number of hydrogen-bond donors (Lipinski definition) is 0. The number of rotatable bonds is 5. The number of aromatic nitrogens is 3.